The molecule has 0 spiro atoms. The van der Waals surface area contributed by atoms with Crippen LogP contribution in [-0.2, 0) is 4.79 Å². The first-order chi connectivity index (χ1) is 13.2. The molecule has 2 aliphatic heterocycles. The summed E-state index contributed by atoms with van der Waals surface area (Å²) in [5.74, 6) is 0.445. The highest BCUT2D eigenvalue weighted by Gasteiger charge is 2.05. The standard InChI is InChI=1S/C21H14N4O2/c26-12-27-21-11-19-9-17-4-3-15(23-17)7-13-1-2-14(22-13)8-16-5-6-18(24-16)10-20(21)25-19/h1-12,22,25H. The molecule has 3 aromatic rings. The van der Waals surface area contributed by atoms with E-state index in [4.69, 9.17) is 4.74 Å². The molecule has 0 atom stereocenters. The number of aromatic nitrogens is 4. The molecule has 2 aliphatic rings. The summed E-state index contributed by atoms with van der Waals surface area (Å²) in [5, 5.41) is 0. The van der Waals surface area contributed by atoms with Crippen LogP contribution in [0.2, 0.25) is 0 Å². The van der Waals surface area contributed by atoms with Crippen molar-refractivity contribution in [2.24, 2.45) is 0 Å². The molecule has 0 aliphatic carbocycles. The number of carbonyl (C=O) groups excluding carboxylic acids is 1. The van der Waals surface area contributed by atoms with Crippen molar-refractivity contribution in [3.8, 4) is 5.75 Å². The van der Waals surface area contributed by atoms with Crippen molar-refractivity contribution in [2.45, 2.75) is 0 Å². The Balaban J connectivity index is 1.84. The van der Waals surface area contributed by atoms with Crippen LogP contribution in [0.15, 0.2) is 42.5 Å². The summed E-state index contributed by atoms with van der Waals surface area (Å²) >= 11 is 0. The van der Waals surface area contributed by atoms with Crippen molar-refractivity contribution in [1.29, 1.82) is 0 Å². The zero-order valence-electron chi connectivity index (χ0n) is 14.1. The molecule has 5 heterocycles. The molecule has 3 aromatic heterocycles. The van der Waals surface area contributed by atoms with Crippen molar-refractivity contribution in [3.63, 3.8) is 0 Å². The maximum Gasteiger partial charge on any atom is 0.298 e. The van der Waals surface area contributed by atoms with E-state index in [1.807, 2.05) is 60.7 Å². The van der Waals surface area contributed by atoms with E-state index in [0.29, 0.717) is 17.7 Å². The van der Waals surface area contributed by atoms with Crippen LogP contribution in [0.25, 0.3) is 46.4 Å². The number of aromatic amines is 2. The Morgan fingerprint density at radius 3 is 1.85 bits per heavy atom. The Bertz CT molecular complexity index is 1280. The Morgan fingerprint density at radius 1 is 0.704 bits per heavy atom. The zero-order chi connectivity index (χ0) is 18.2. The molecule has 0 fully saturated rings. The van der Waals surface area contributed by atoms with Gasteiger partial charge in [-0.25, -0.2) is 9.97 Å². The monoisotopic (exact) mass is 354 g/mol. The fourth-order valence-corrected chi connectivity index (χ4v) is 3.14. The zero-order valence-corrected chi connectivity index (χ0v) is 14.1. The summed E-state index contributed by atoms with van der Waals surface area (Å²) in [5.41, 5.74) is 6.67. The van der Waals surface area contributed by atoms with E-state index in [-0.39, 0.29) is 0 Å². The molecule has 6 nitrogen and oxygen atoms in total. The Morgan fingerprint density at radius 2 is 1.26 bits per heavy atom. The lowest BCUT2D eigenvalue weighted by Crippen LogP contribution is -1.86. The van der Waals surface area contributed by atoms with Gasteiger partial charge in [-0.3, -0.25) is 4.79 Å². The van der Waals surface area contributed by atoms with Gasteiger partial charge in [0.05, 0.1) is 28.3 Å². The maximum atomic E-state index is 10.8. The summed E-state index contributed by atoms with van der Waals surface area (Å²) in [7, 11) is 0. The summed E-state index contributed by atoms with van der Waals surface area (Å²) < 4.78 is 5.11. The van der Waals surface area contributed by atoms with Crippen LogP contribution < -0.4 is 4.74 Å². The second-order valence-corrected chi connectivity index (χ2v) is 6.25. The number of hydrogen-bond acceptors (Lipinski definition) is 4. The fraction of sp³-hybridized carbons (Fsp3) is 0. The highest BCUT2D eigenvalue weighted by atomic mass is 16.5. The molecule has 2 N–H and O–H groups in total. The lowest BCUT2D eigenvalue weighted by molar-refractivity contribution is -0.120. The summed E-state index contributed by atoms with van der Waals surface area (Å²) in [4.78, 5) is 26.6. The van der Waals surface area contributed by atoms with Crippen LogP contribution in [0.3, 0.4) is 0 Å². The molecule has 6 heteroatoms. The Hall–Kier alpha value is -3.93. The molecule has 5 rings (SSSR count). The number of fused-ring (bicyclic) bond motifs is 8. The molecule has 0 saturated heterocycles. The maximum absolute atomic E-state index is 10.8. The molecule has 0 saturated carbocycles. The van der Waals surface area contributed by atoms with Crippen molar-refractivity contribution in [2.75, 3.05) is 0 Å². The lowest BCUT2D eigenvalue weighted by Gasteiger charge is -1.91. The third-order valence-electron chi connectivity index (χ3n) is 4.31. The van der Waals surface area contributed by atoms with Gasteiger partial charge in [0.1, 0.15) is 0 Å². The second-order valence-electron chi connectivity index (χ2n) is 6.25. The van der Waals surface area contributed by atoms with Crippen LogP contribution in [0.5, 0.6) is 5.75 Å². The van der Waals surface area contributed by atoms with Crippen molar-refractivity contribution < 1.29 is 9.53 Å². The van der Waals surface area contributed by atoms with Crippen molar-refractivity contribution >= 4 is 52.8 Å². The predicted octanol–water partition coefficient (Wildman–Crippen LogP) is 4.19. The average molecular weight is 354 g/mol. The average Bonchev–Trinajstić information content (AvgIpc) is 3.41. The first kappa shape index (κ1) is 15.3. The first-order valence-corrected chi connectivity index (χ1v) is 8.44. The van der Waals surface area contributed by atoms with Gasteiger partial charge in [0, 0.05) is 22.6 Å². The van der Waals surface area contributed by atoms with Crippen LogP contribution in [0, 0.1) is 0 Å². The highest BCUT2D eigenvalue weighted by molar-refractivity contribution is 5.80. The van der Waals surface area contributed by atoms with Crippen molar-refractivity contribution in [3.05, 3.63) is 65.2 Å². The number of nitrogens with zero attached hydrogens (tertiary/aromatic N) is 2. The Kier molecular flexibility index (Phi) is 3.47. The van der Waals surface area contributed by atoms with Gasteiger partial charge in [0.15, 0.2) is 5.75 Å². The number of nitrogens with one attached hydrogen (secondary N) is 2. The number of rotatable bonds is 2. The molecular formula is C21H14N4O2. The first-order valence-electron chi connectivity index (χ1n) is 8.44. The molecule has 130 valence electrons. The van der Waals surface area contributed by atoms with Crippen LogP contribution in [-0.4, -0.2) is 26.4 Å². The van der Waals surface area contributed by atoms with Gasteiger partial charge in [-0.05, 0) is 60.7 Å². The van der Waals surface area contributed by atoms with Gasteiger partial charge in [-0.1, -0.05) is 0 Å². The molecule has 0 radical (unpaired) electrons. The second kappa shape index (κ2) is 6.10. The van der Waals surface area contributed by atoms with Gasteiger partial charge in [0.25, 0.3) is 6.47 Å². The third kappa shape index (κ3) is 3.04. The normalized spacial score (nSPS) is 12.3. The summed E-state index contributed by atoms with van der Waals surface area (Å²) in [6, 6.07) is 13.5. The molecule has 0 amide bonds. The summed E-state index contributed by atoms with van der Waals surface area (Å²) in [6.07, 6.45) is 7.75. The van der Waals surface area contributed by atoms with Crippen LogP contribution >= 0.6 is 0 Å². The minimum Gasteiger partial charge on any atom is -0.426 e. The van der Waals surface area contributed by atoms with E-state index in [2.05, 4.69) is 19.9 Å². The number of ether oxygens (including phenoxy) is 1. The highest BCUT2D eigenvalue weighted by Crippen LogP contribution is 2.24. The van der Waals surface area contributed by atoms with E-state index in [1.54, 1.807) is 6.07 Å². The van der Waals surface area contributed by atoms with E-state index in [0.717, 1.165) is 39.3 Å². The van der Waals surface area contributed by atoms with E-state index in [9.17, 15) is 4.79 Å². The van der Waals surface area contributed by atoms with Crippen LogP contribution in [0.1, 0.15) is 22.8 Å². The minimum atomic E-state index is 0.418. The van der Waals surface area contributed by atoms with Gasteiger partial charge in [-0.15, -0.1) is 0 Å². The largest absolute Gasteiger partial charge is 0.426 e. The third-order valence-corrected chi connectivity index (χ3v) is 4.31. The molecule has 0 aromatic carbocycles. The smallest absolute Gasteiger partial charge is 0.298 e. The van der Waals surface area contributed by atoms with E-state index >= 15 is 0 Å². The van der Waals surface area contributed by atoms with Gasteiger partial charge in [0.2, 0.25) is 0 Å². The molecular weight excluding hydrogens is 340 g/mol. The number of hydrogen-bond donors (Lipinski definition) is 2. The van der Waals surface area contributed by atoms with Gasteiger partial charge < -0.3 is 14.7 Å². The minimum absolute atomic E-state index is 0.418. The molecule has 0 unspecified atom stereocenters. The van der Waals surface area contributed by atoms with Gasteiger partial charge in [-0.2, -0.15) is 0 Å². The van der Waals surface area contributed by atoms with Crippen LogP contribution in [0.4, 0.5) is 0 Å². The molecule has 27 heavy (non-hydrogen) atoms. The summed E-state index contributed by atoms with van der Waals surface area (Å²) in [6.45, 7) is 0.418. The fourth-order valence-electron chi connectivity index (χ4n) is 3.14. The topological polar surface area (TPSA) is 83.7 Å². The predicted molar refractivity (Wildman–Crippen MR) is 106 cm³/mol. The van der Waals surface area contributed by atoms with E-state index < -0.39 is 0 Å². The number of carbonyl (C=O) groups is 1. The SMILES string of the molecule is O=COc1cc2cc3nc(cc4ccc(cc5nc(cc1[nH]2)C=C5)[nH]4)C=C3. The van der Waals surface area contributed by atoms with Crippen molar-refractivity contribution in [1.82, 2.24) is 19.9 Å². The van der Waals surface area contributed by atoms with Gasteiger partial charge >= 0.3 is 0 Å². The van der Waals surface area contributed by atoms with E-state index in [1.165, 1.54) is 0 Å². The quantitative estimate of drug-likeness (QED) is 0.466. The Labute approximate surface area is 153 Å². The molecule has 8 bridgehead atoms. The lowest BCUT2D eigenvalue weighted by atomic mass is 10.3. The number of H-pyrrole nitrogens is 2.